The van der Waals surface area contributed by atoms with E-state index in [0.717, 1.165) is 41.5 Å². The molecule has 1 amide bonds. The van der Waals surface area contributed by atoms with Crippen LogP contribution in [0.2, 0.25) is 0 Å². The van der Waals surface area contributed by atoms with Crippen molar-refractivity contribution in [3.63, 3.8) is 0 Å². The molecule has 0 N–H and O–H groups in total. The highest BCUT2D eigenvalue weighted by molar-refractivity contribution is 7.09. The molecule has 1 saturated heterocycles. The Morgan fingerprint density at radius 3 is 2.95 bits per heavy atom. The molecule has 0 aliphatic carbocycles. The third-order valence-corrected chi connectivity index (χ3v) is 4.51. The molecule has 0 aromatic carbocycles. The Balaban J connectivity index is 1.75. The van der Waals surface area contributed by atoms with Crippen LogP contribution >= 0.6 is 11.3 Å². The molecule has 110 valence electrons. The number of nitrogens with zero attached hydrogens (tertiary/aromatic N) is 4. The minimum absolute atomic E-state index is 0.0598. The predicted molar refractivity (Wildman–Crippen MR) is 81.0 cm³/mol. The number of likely N-dealkylation sites (tertiary alicyclic amines) is 1. The maximum Gasteiger partial charge on any atom is 0.229 e. The Kier molecular flexibility index (Phi) is 3.96. The summed E-state index contributed by atoms with van der Waals surface area (Å²) in [5, 5.41) is 2.96. The summed E-state index contributed by atoms with van der Waals surface area (Å²) < 4.78 is 0. The monoisotopic (exact) mass is 302 g/mol. The van der Waals surface area contributed by atoms with Gasteiger partial charge in [-0.2, -0.15) is 0 Å². The summed E-state index contributed by atoms with van der Waals surface area (Å²) in [6.45, 7) is 4.68. The number of carbonyl (C=O) groups excluding carboxylic acids is 1. The van der Waals surface area contributed by atoms with Gasteiger partial charge in [0.1, 0.15) is 0 Å². The van der Waals surface area contributed by atoms with Crippen LogP contribution in [0.5, 0.6) is 0 Å². The second-order valence-electron chi connectivity index (χ2n) is 5.37. The Labute approximate surface area is 128 Å². The van der Waals surface area contributed by atoms with Crippen LogP contribution in [0.1, 0.15) is 41.0 Å². The Morgan fingerprint density at radius 2 is 2.24 bits per heavy atom. The lowest BCUT2D eigenvalue weighted by Crippen LogP contribution is -2.32. The maximum atomic E-state index is 12.5. The van der Waals surface area contributed by atoms with Gasteiger partial charge in [-0.25, -0.2) is 4.98 Å². The molecule has 0 radical (unpaired) electrons. The van der Waals surface area contributed by atoms with Gasteiger partial charge in [-0.3, -0.25) is 14.8 Å². The van der Waals surface area contributed by atoms with Gasteiger partial charge in [0.2, 0.25) is 5.91 Å². The first-order valence-corrected chi connectivity index (χ1v) is 8.00. The Morgan fingerprint density at radius 1 is 1.38 bits per heavy atom. The predicted octanol–water partition coefficient (Wildman–Crippen LogP) is 2.46. The third-order valence-electron chi connectivity index (χ3n) is 3.69. The minimum atomic E-state index is 0.0598. The summed E-state index contributed by atoms with van der Waals surface area (Å²) in [5.74, 6) is 0.131. The molecule has 2 aromatic heterocycles. The average molecular weight is 302 g/mol. The first-order valence-electron chi connectivity index (χ1n) is 7.12. The first-order chi connectivity index (χ1) is 10.1. The zero-order chi connectivity index (χ0) is 14.8. The lowest BCUT2D eigenvalue weighted by Gasteiger charge is -2.24. The highest BCUT2D eigenvalue weighted by Crippen LogP contribution is 2.31. The number of carbonyl (C=O) groups is 1. The van der Waals surface area contributed by atoms with Crippen LogP contribution in [-0.4, -0.2) is 32.3 Å². The molecule has 0 spiro atoms. The van der Waals surface area contributed by atoms with Crippen molar-refractivity contribution in [2.45, 2.75) is 39.2 Å². The van der Waals surface area contributed by atoms with E-state index >= 15 is 0 Å². The van der Waals surface area contributed by atoms with Gasteiger partial charge in [0.15, 0.2) is 0 Å². The molecule has 0 bridgehead atoms. The summed E-state index contributed by atoms with van der Waals surface area (Å²) in [6, 6.07) is 0.0598. The summed E-state index contributed by atoms with van der Waals surface area (Å²) in [5.41, 5.74) is 2.65. The van der Waals surface area contributed by atoms with Crippen molar-refractivity contribution in [3.8, 4) is 0 Å². The van der Waals surface area contributed by atoms with Crippen molar-refractivity contribution in [1.82, 2.24) is 19.9 Å². The van der Waals surface area contributed by atoms with Gasteiger partial charge in [-0.05, 0) is 26.7 Å². The van der Waals surface area contributed by atoms with Crippen molar-refractivity contribution >= 4 is 17.2 Å². The van der Waals surface area contributed by atoms with E-state index in [2.05, 4.69) is 15.0 Å². The Bertz CT molecular complexity index is 655. The third kappa shape index (κ3) is 3.10. The number of rotatable bonds is 3. The summed E-state index contributed by atoms with van der Waals surface area (Å²) in [4.78, 5) is 27.6. The zero-order valence-electron chi connectivity index (χ0n) is 12.2. The lowest BCUT2D eigenvalue weighted by molar-refractivity contribution is -0.131. The molecule has 21 heavy (non-hydrogen) atoms. The highest BCUT2D eigenvalue weighted by Gasteiger charge is 2.31. The standard InChI is InChI=1S/C15H18N4OS/c1-10-7-16-8-13(17-10)14-4-3-5-19(14)15(20)6-12-9-21-11(2)18-12/h7-9,14H,3-6H2,1-2H3/t14-/m1/s1. The molecule has 0 unspecified atom stereocenters. The topological polar surface area (TPSA) is 59.0 Å². The molecule has 1 fully saturated rings. The smallest absolute Gasteiger partial charge is 0.229 e. The van der Waals surface area contributed by atoms with E-state index in [4.69, 9.17) is 0 Å². The van der Waals surface area contributed by atoms with Crippen molar-refractivity contribution in [3.05, 3.63) is 39.9 Å². The second kappa shape index (κ2) is 5.89. The Hall–Kier alpha value is -1.82. The van der Waals surface area contributed by atoms with Crippen LogP contribution in [0.15, 0.2) is 17.8 Å². The molecule has 3 heterocycles. The molecule has 0 saturated carbocycles. The van der Waals surface area contributed by atoms with Gasteiger partial charge < -0.3 is 4.90 Å². The molecule has 2 aromatic rings. The van der Waals surface area contributed by atoms with Crippen molar-refractivity contribution in [2.75, 3.05) is 6.54 Å². The molecule has 3 rings (SSSR count). The van der Waals surface area contributed by atoms with Crippen LogP contribution in [-0.2, 0) is 11.2 Å². The number of amides is 1. The van der Waals surface area contributed by atoms with E-state index < -0.39 is 0 Å². The van der Waals surface area contributed by atoms with Gasteiger partial charge >= 0.3 is 0 Å². The maximum absolute atomic E-state index is 12.5. The van der Waals surface area contributed by atoms with Crippen LogP contribution in [0.4, 0.5) is 0 Å². The van der Waals surface area contributed by atoms with Crippen LogP contribution in [0.25, 0.3) is 0 Å². The van der Waals surface area contributed by atoms with E-state index in [-0.39, 0.29) is 11.9 Å². The SMILES string of the molecule is Cc1cncc([C@H]2CCCN2C(=O)Cc2csc(C)n2)n1. The first kappa shape index (κ1) is 14.1. The van der Waals surface area contributed by atoms with Gasteiger partial charge in [0, 0.05) is 18.1 Å². The van der Waals surface area contributed by atoms with E-state index in [0.29, 0.717) is 6.42 Å². The van der Waals surface area contributed by atoms with E-state index in [1.165, 1.54) is 0 Å². The molecule has 6 heteroatoms. The number of hydrogen-bond acceptors (Lipinski definition) is 5. The van der Waals surface area contributed by atoms with Crippen molar-refractivity contribution < 1.29 is 4.79 Å². The van der Waals surface area contributed by atoms with Crippen LogP contribution in [0, 0.1) is 13.8 Å². The fraction of sp³-hybridized carbons (Fsp3) is 0.467. The van der Waals surface area contributed by atoms with E-state index in [1.54, 1.807) is 23.7 Å². The molecule has 5 nitrogen and oxygen atoms in total. The minimum Gasteiger partial charge on any atom is -0.334 e. The van der Waals surface area contributed by atoms with Crippen molar-refractivity contribution in [2.24, 2.45) is 0 Å². The number of thiazole rings is 1. The number of aryl methyl sites for hydroxylation is 2. The zero-order valence-corrected chi connectivity index (χ0v) is 13.1. The fourth-order valence-electron chi connectivity index (χ4n) is 2.76. The average Bonchev–Trinajstić information content (AvgIpc) is 3.07. The summed E-state index contributed by atoms with van der Waals surface area (Å²) in [7, 11) is 0. The molecule has 1 aliphatic rings. The molecular weight excluding hydrogens is 284 g/mol. The highest BCUT2D eigenvalue weighted by atomic mass is 32.1. The quantitative estimate of drug-likeness (QED) is 0.874. The van der Waals surface area contributed by atoms with E-state index in [1.807, 2.05) is 24.1 Å². The van der Waals surface area contributed by atoms with Gasteiger partial charge in [-0.15, -0.1) is 11.3 Å². The number of aromatic nitrogens is 3. The largest absolute Gasteiger partial charge is 0.334 e. The van der Waals surface area contributed by atoms with Crippen LogP contribution < -0.4 is 0 Å². The fourth-order valence-corrected chi connectivity index (χ4v) is 3.37. The summed E-state index contributed by atoms with van der Waals surface area (Å²) in [6.07, 6.45) is 5.86. The van der Waals surface area contributed by atoms with Crippen molar-refractivity contribution in [1.29, 1.82) is 0 Å². The van der Waals surface area contributed by atoms with Gasteiger partial charge in [0.05, 0.1) is 40.7 Å². The molecule has 1 atom stereocenters. The van der Waals surface area contributed by atoms with E-state index in [9.17, 15) is 4.79 Å². The molecular formula is C15H18N4OS. The van der Waals surface area contributed by atoms with Gasteiger partial charge in [0.25, 0.3) is 0 Å². The normalized spacial score (nSPS) is 18.2. The van der Waals surface area contributed by atoms with Gasteiger partial charge in [-0.1, -0.05) is 0 Å². The number of hydrogen-bond donors (Lipinski definition) is 0. The van der Waals surface area contributed by atoms with Crippen LogP contribution in [0.3, 0.4) is 0 Å². The second-order valence-corrected chi connectivity index (χ2v) is 6.43. The lowest BCUT2D eigenvalue weighted by atomic mass is 10.1. The molecule has 1 aliphatic heterocycles. The summed E-state index contributed by atoms with van der Waals surface area (Å²) >= 11 is 1.58.